The molecule has 6 aliphatic rings. The Morgan fingerprint density at radius 1 is 1.11 bits per heavy atom. The molecule has 2 saturated carbocycles. The van der Waals surface area contributed by atoms with Gasteiger partial charge in [-0.15, -0.1) is 6.58 Å². The van der Waals surface area contributed by atoms with Crippen molar-refractivity contribution in [3.8, 4) is 5.75 Å². The third-order valence-electron chi connectivity index (χ3n) is 10.8. The average Bonchev–Trinajstić information content (AvgIpc) is 3.24. The van der Waals surface area contributed by atoms with Gasteiger partial charge in [-0.3, -0.25) is 9.59 Å². The molecule has 3 fully saturated rings. The summed E-state index contributed by atoms with van der Waals surface area (Å²) in [5, 5.41) is 14.1. The summed E-state index contributed by atoms with van der Waals surface area (Å²) in [7, 11) is 0. The summed E-state index contributed by atoms with van der Waals surface area (Å²) in [4.78, 5) is 27.8. The van der Waals surface area contributed by atoms with E-state index in [0.717, 1.165) is 24.2 Å². The minimum Gasteiger partial charge on any atom is -0.490 e. The molecule has 3 heterocycles. The summed E-state index contributed by atoms with van der Waals surface area (Å²) >= 11 is 0. The number of benzene rings is 1. The molecule has 2 N–H and O–H groups in total. The van der Waals surface area contributed by atoms with Crippen LogP contribution in [0.25, 0.3) is 0 Å². The average molecular weight is 504 g/mol. The fourth-order valence-corrected chi connectivity index (χ4v) is 9.97. The molecule has 7 rings (SSSR count). The summed E-state index contributed by atoms with van der Waals surface area (Å²) in [6.07, 6.45) is 6.60. The number of hydrogen-bond acceptors (Lipinski definition) is 4. The Morgan fingerprint density at radius 2 is 1.81 bits per heavy atom. The third-order valence-corrected chi connectivity index (χ3v) is 10.8. The highest BCUT2D eigenvalue weighted by atomic mass is 16.5. The fourth-order valence-electron chi connectivity index (χ4n) is 9.97. The largest absolute Gasteiger partial charge is 0.490 e. The van der Waals surface area contributed by atoms with E-state index in [4.69, 9.17) is 4.74 Å². The quantitative estimate of drug-likeness (QED) is 0.414. The second-order valence-electron chi connectivity index (χ2n) is 13.6. The van der Waals surface area contributed by atoms with Crippen LogP contribution in [0.5, 0.6) is 5.75 Å². The standard InChI is InChI=1S/C32H41NO4/c1-7-30(5)14-19(4)24-23-26(30)27(34)22-16-32(36,33-29(22)35)15-20-8-10-21(11-9-20)37-28(23)25-18(3)12-17(2)13-31(24,25)6/h7-11,14,17-18,22-26,28,36H,1,12-13,15-16H2,2-6H3,(H,33,35)/t17-,18-,22-,23?,24?,25?,26-,28-,30+,31+,32+/m1/s1. The van der Waals surface area contributed by atoms with Crippen molar-refractivity contribution in [2.45, 2.75) is 72.1 Å². The molecule has 1 aromatic rings. The Bertz CT molecular complexity index is 1190. The molecule has 198 valence electrons. The lowest BCUT2D eigenvalue weighted by atomic mass is 9.53. The molecule has 3 aliphatic carbocycles. The van der Waals surface area contributed by atoms with Crippen LogP contribution in [0.4, 0.5) is 0 Å². The number of ether oxygens (including phenoxy) is 1. The SMILES string of the molecule is C=C[C@@]1(C)C=C(C)C2C3[C@@H](Oc4ccc(cc4)C[C@]4(O)C[C@@H](C(=O)N4)C(=O)[C@@H]31)C1[C@H](C)C[C@@H](C)C[C@@]21C. The molecule has 5 heteroatoms. The second kappa shape index (κ2) is 8.05. The van der Waals surface area contributed by atoms with Gasteiger partial charge in [0.05, 0.1) is 0 Å². The van der Waals surface area contributed by atoms with E-state index in [0.29, 0.717) is 17.8 Å². The summed E-state index contributed by atoms with van der Waals surface area (Å²) in [5.74, 6) is 0.492. The van der Waals surface area contributed by atoms with Gasteiger partial charge in [0.25, 0.3) is 0 Å². The van der Waals surface area contributed by atoms with Crippen molar-refractivity contribution in [3.63, 3.8) is 0 Å². The number of Topliss-reactive ketones (excluding diaryl/α,β-unsaturated/α-hetero) is 1. The lowest BCUT2D eigenvalue weighted by Gasteiger charge is -2.50. The topological polar surface area (TPSA) is 75.6 Å². The highest BCUT2D eigenvalue weighted by Gasteiger charge is 2.68. The minimum absolute atomic E-state index is 0.0102. The Balaban J connectivity index is 1.59. The van der Waals surface area contributed by atoms with Crippen LogP contribution in [0.15, 0.2) is 48.6 Å². The zero-order chi connectivity index (χ0) is 26.5. The summed E-state index contributed by atoms with van der Waals surface area (Å²) in [5.41, 5.74) is 0.166. The molecule has 1 aromatic carbocycles. The van der Waals surface area contributed by atoms with Crippen molar-refractivity contribution in [1.29, 1.82) is 0 Å². The van der Waals surface area contributed by atoms with Gasteiger partial charge in [-0.05, 0) is 60.6 Å². The van der Waals surface area contributed by atoms with E-state index in [2.05, 4.69) is 52.6 Å². The maximum absolute atomic E-state index is 14.6. The first-order valence-electron chi connectivity index (χ1n) is 14.1. The van der Waals surface area contributed by atoms with Crippen LogP contribution in [-0.2, 0) is 16.0 Å². The van der Waals surface area contributed by atoms with E-state index >= 15 is 0 Å². The number of carbonyl (C=O) groups is 2. The molecule has 5 nitrogen and oxygen atoms in total. The van der Waals surface area contributed by atoms with Gasteiger partial charge in [-0.1, -0.05) is 57.6 Å². The van der Waals surface area contributed by atoms with E-state index in [1.165, 1.54) is 5.57 Å². The van der Waals surface area contributed by atoms with Crippen molar-refractivity contribution >= 4 is 11.7 Å². The van der Waals surface area contributed by atoms with Gasteiger partial charge in [-0.2, -0.15) is 0 Å². The molecule has 0 aromatic heterocycles. The second-order valence-corrected chi connectivity index (χ2v) is 13.6. The van der Waals surface area contributed by atoms with E-state index in [9.17, 15) is 14.7 Å². The van der Waals surface area contributed by atoms with Crippen molar-refractivity contribution in [3.05, 3.63) is 54.1 Å². The number of aliphatic hydroxyl groups is 1. The highest BCUT2D eigenvalue weighted by molar-refractivity contribution is 6.05. The van der Waals surface area contributed by atoms with Crippen LogP contribution in [0.2, 0.25) is 0 Å². The summed E-state index contributed by atoms with van der Waals surface area (Å²) < 4.78 is 6.97. The number of carbonyl (C=O) groups excluding carboxylic acids is 2. The first-order valence-corrected chi connectivity index (χ1v) is 14.1. The monoisotopic (exact) mass is 503 g/mol. The Hall–Kier alpha value is -2.40. The van der Waals surface area contributed by atoms with Crippen LogP contribution in [-0.4, -0.2) is 28.6 Å². The predicted molar refractivity (Wildman–Crippen MR) is 142 cm³/mol. The zero-order valence-electron chi connectivity index (χ0n) is 22.8. The lowest BCUT2D eigenvalue weighted by molar-refractivity contribution is -0.139. The van der Waals surface area contributed by atoms with Crippen molar-refractivity contribution in [2.24, 2.45) is 52.3 Å². The molecule has 4 bridgehead atoms. The Kier molecular flexibility index (Phi) is 5.42. The van der Waals surface area contributed by atoms with E-state index < -0.39 is 23.0 Å². The van der Waals surface area contributed by atoms with Crippen molar-refractivity contribution in [1.82, 2.24) is 5.32 Å². The molecular weight excluding hydrogens is 462 g/mol. The number of nitrogens with one attached hydrogen (secondary N) is 1. The van der Waals surface area contributed by atoms with Gasteiger partial charge >= 0.3 is 0 Å². The van der Waals surface area contributed by atoms with Crippen LogP contribution < -0.4 is 10.1 Å². The lowest BCUT2D eigenvalue weighted by Crippen LogP contribution is -2.50. The Labute approximate surface area is 220 Å². The maximum atomic E-state index is 14.6. The third kappa shape index (κ3) is 3.52. The molecule has 11 atom stereocenters. The summed E-state index contributed by atoms with van der Waals surface area (Å²) in [6, 6.07) is 7.92. The van der Waals surface area contributed by atoms with E-state index in [1.54, 1.807) is 0 Å². The molecule has 1 amide bonds. The Morgan fingerprint density at radius 3 is 2.49 bits per heavy atom. The number of amides is 1. The first-order chi connectivity index (χ1) is 17.4. The number of allylic oxidation sites excluding steroid dienone is 3. The van der Waals surface area contributed by atoms with Gasteiger partial charge in [0, 0.05) is 36.0 Å². The maximum Gasteiger partial charge on any atom is 0.232 e. The zero-order valence-corrected chi connectivity index (χ0v) is 22.8. The summed E-state index contributed by atoms with van der Waals surface area (Å²) in [6.45, 7) is 15.6. The van der Waals surface area contributed by atoms with Crippen LogP contribution in [0.3, 0.4) is 0 Å². The molecular formula is C32H41NO4. The molecule has 0 radical (unpaired) electrons. The van der Waals surface area contributed by atoms with Crippen molar-refractivity contribution in [2.75, 3.05) is 0 Å². The fraction of sp³-hybridized carbons (Fsp3) is 0.625. The van der Waals surface area contributed by atoms with E-state index in [1.807, 2.05) is 30.3 Å². The van der Waals surface area contributed by atoms with Gasteiger partial charge in [-0.25, -0.2) is 0 Å². The van der Waals surface area contributed by atoms with Gasteiger partial charge < -0.3 is 15.2 Å². The van der Waals surface area contributed by atoms with Crippen LogP contribution >= 0.6 is 0 Å². The van der Waals surface area contributed by atoms with Crippen molar-refractivity contribution < 1.29 is 19.4 Å². The molecule has 1 saturated heterocycles. The predicted octanol–water partition coefficient (Wildman–Crippen LogP) is 5.09. The van der Waals surface area contributed by atoms with Gasteiger partial charge in [0.2, 0.25) is 5.91 Å². The molecule has 0 spiro atoms. The normalized spacial score (nSPS) is 48.4. The molecule has 37 heavy (non-hydrogen) atoms. The smallest absolute Gasteiger partial charge is 0.232 e. The number of rotatable bonds is 1. The molecule has 3 unspecified atom stereocenters. The van der Waals surface area contributed by atoms with E-state index in [-0.39, 0.29) is 47.9 Å². The van der Waals surface area contributed by atoms with Gasteiger partial charge in [0.15, 0.2) is 0 Å². The number of ketones is 1. The highest BCUT2D eigenvalue weighted by Crippen LogP contribution is 2.68. The number of fused-ring (bicyclic) bond motifs is 4. The van der Waals surface area contributed by atoms with Gasteiger partial charge in [0.1, 0.15) is 29.3 Å². The first kappa shape index (κ1) is 24.9. The van der Waals surface area contributed by atoms with Crippen LogP contribution in [0, 0.1) is 52.3 Å². The molecule has 3 aliphatic heterocycles. The minimum atomic E-state index is -1.43. The number of hydrogen-bond donors (Lipinski definition) is 2. The van der Waals surface area contributed by atoms with Crippen LogP contribution in [0.1, 0.15) is 59.4 Å².